The van der Waals surface area contributed by atoms with E-state index in [0.29, 0.717) is 23.1 Å². The molecule has 0 spiro atoms. The summed E-state index contributed by atoms with van der Waals surface area (Å²) in [5, 5.41) is 0. The summed E-state index contributed by atoms with van der Waals surface area (Å²) in [4.78, 5) is 5.14. The van der Waals surface area contributed by atoms with Gasteiger partial charge in [0, 0.05) is 5.92 Å². The normalized spacial score (nSPS) is 15.1. The third kappa shape index (κ3) is 3.72. The first-order valence-electron chi connectivity index (χ1n) is 8.78. The predicted octanol–water partition coefficient (Wildman–Crippen LogP) is 4.87. The number of nitrogens with one attached hydrogen (secondary N) is 1. The van der Waals surface area contributed by atoms with Crippen LogP contribution in [0.2, 0.25) is 0 Å². The van der Waals surface area contributed by atoms with E-state index in [1.807, 2.05) is 0 Å². The van der Waals surface area contributed by atoms with Gasteiger partial charge in [-0.25, -0.2) is 13.4 Å². The quantitative estimate of drug-likeness (QED) is 0.634. The van der Waals surface area contributed by atoms with Gasteiger partial charge in [-0.3, -0.25) is 4.72 Å². The van der Waals surface area contributed by atoms with Crippen molar-refractivity contribution in [2.75, 3.05) is 11.8 Å². The van der Waals surface area contributed by atoms with Crippen molar-refractivity contribution in [2.45, 2.75) is 35.8 Å². The van der Waals surface area contributed by atoms with E-state index in [1.165, 1.54) is 20.0 Å². The molecule has 0 radical (unpaired) electrons. The molecule has 1 aromatic carbocycles. The van der Waals surface area contributed by atoms with Gasteiger partial charge in [0.1, 0.15) is 9.96 Å². The second-order valence-electron chi connectivity index (χ2n) is 6.47. The van der Waals surface area contributed by atoms with Crippen LogP contribution in [0.4, 0.5) is 5.69 Å². The number of nitrogens with zero attached hydrogens (tertiary/aromatic N) is 1. The zero-order valence-electron chi connectivity index (χ0n) is 14.8. The first-order chi connectivity index (χ1) is 13.1. The number of sulfonamides is 1. The Hall–Kier alpha value is -2.32. The van der Waals surface area contributed by atoms with Gasteiger partial charge in [0.15, 0.2) is 11.7 Å². The molecular weight excluding hydrogens is 384 g/mol. The molecule has 142 valence electrons. The molecule has 0 atom stereocenters. The molecule has 1 fully saturated rings. The van der Waals surface area contributed by atoms with Crippen molar-refractivity contribution in [3.8, 4) is 16.4 Å². The lowest BCUT2D eigenvalue weighted by atomic mass is 10.1. The average Bonchev–Trinajstić information content (AvgIpc) is 3.41. The second-order valence-corrected chi connectivity index (χ2v) is 9.46. The van der Waals surface area contributed by atoms with Crippen LogP contribution in [-0.2, 0) is 10.0 Å². The lowest BCUT2D eigenvalue weighted by molar-refractivity contribution is 0.417. The summed E-state index contributed by atoms with van der Waals surface area (Å²) in [6.45, 7) is 0. The molecule has 4 rings (SSSR count). The fourth-order valence-corrected chi connectivity index (χ4v) is 5.61. The highest BCUT2D eigenvalue weighted by Crippen LogP contribution is 2.37. The largest absolute Gasteiger partial charge is 0.495 e. The van der Waals surface area contributed by atoms with Gasteiger partial charge >= 0.3 is 0 Å². The number of aromatic nitrogens is 1. The minimum absolute atomic E-state index is 0.210. The Bertz CT molecular complexity index is 1030. The first kappa shape index (κ1) is 18.1. The zero-order chi connectivity index (χ0) is 18.9. The van der Waals surface area contributed by atoms with E-state index >= 15 is 0 Å². The van der Waals surface area contributed by atoms with Crippen molar-refractivity contribution < 1.29 is 17.6 Å². The highest BCUT2D eigenvalue weighted by molar-refractivity contribution is 7.94. The van der Waals surface area contributed by atoms with E-state index in [1.54, 1.807) is 42.6 Å². The number of hydrogen-bond donors (Lipinski definition) is 1. The van der Waals surface area contributed by atoms with Gasteiger partial charge in [-0.15, -0.1) is 11.3 Å². The molecule has 1 N–H and O–H groups in total. The summed E-state index contributed by atoms with van der Waals surface area (Å²) in [6, 6.07) is 10.2. The van der Waals surface area contributed by atoms with Crippen LogP contribution >= 0.6 is 11.3 Å². The van der Waals surface area contributed by atoms with Crippen LogP contribution in [0.1, 0.15) is 37.5 Å². The smallest absolute Gasteiger partial charge is 0.271 e. The average molecular weight is 405 g/mol. The molecule has 27 heavy (non-hydrogen) atoms. The maximum atomic E-state index is 12.7. The molecule has 0 aliphatic heterocycles. The molecule has 8 heteroatoms. The minimum atomic E-state index is -3.72. The van der Waals surface area contributed by atoms with Crippen LogP contribution in [0.3, 0.4) is 0 Å². The molecule has 0 amide bonds. The fraction of sp³-hybridized carbons (Fsp3) is 0.316. The molecule has 2 aromatic heterocycles. The Balaban J connectivity index is 1.56. The lowest BCUT2D eigenvalue weighted by Crippen LogP contribution is -2.12. The van der Waals surface area contributed by atoms with Gasteiger partial charge in [0.05, 0.1) is 23.9 Å². The molecule has 3 aromatic rings. The number of rotatable bonds is 6. The summed E-state index contributed by atoms with van der Waals surface area (Å²) >= 11 is 1.16. The van der Waals surface area contributed by atoms with Crippen LogP contribution in [0.5, 0.6) is 5.75 Å². The van der Waals surface area contributed by atoms with Crippen LogP contribution in [0.25, 0.3) is 10.6 Å². The highest BCUT2D eigenvalue weighted by Gasteiger charge is 2.24. The van der Waals surface area contributed by atoms with Crippen LogP contribution < -0.4 is 9.46 Å². The number of benzene rings is 1. The Morgan fingerprint density at radius 1 is 1.19 bits per heavy atom. The zero-order valence-corrected chi connectivity index (χ0v) is 16.5. The Kier molecular flexibility index (Phi) is 4.92. The van der Waals surface area contributed by atoms with Gasteiger partial charge in [-0.05, 0) is 37.1 Å². The molecule has 0 unspecified atom stereocenters. The number of oxazole rings is 1. The third-order valence-electron chi connectivity index (χ3n) is 4.67. The van der Waals surface area contributed by atoms with Crippen molar-refractivity contribution in [1.29, 1.82) is 0 Å². The second kappa shape index (κ2) is 7.36. The standard InChI is InChI=1S/C19H20N2O4S2/c1-24-15-9-5-4-8-14(15)21-27(22,23)18-11-10-17(26-18)16-12-20-19(25-16)13-6-2-3-7-13/h4-5,8-13,21H,2-3,6-7H2,1H3. The lowest BCUT2D eigenvalue weighted by Gasteiger charge is -2.10. The van der Waals surface area contributed by atoms with E-state index in [0.717, 1.165) is 34.9 Å². The molecule has 1 saturated carbocycles. The number of methoxy groups -OCH3 is 1. The van der Waals surface area contributed by atoms with Gasteiger partial charge in [0.25, 0.3) is 10.0 Å². The SMILES string of the molecule is COc1ccccc1NS(=O)(=O)c1ccc(-c2cnc(C3CCCC3)o2)s1. The summed E-state index contributed by atoms with van der Waals surface area (Å²) in [5.74, 6) is 2.22. The van der Waals surface area contributed by atoms with E-state index in [4.69, 9.17) is 9.15 Å². The van der Waals surface area contributed by atoms with Gasteiger partial charge in [-0.2, -0.15) is 0 Å². The fourth-order valence-electron chi connectivity index (χ4n) is 3.28. The number of para-hydroxylation sites is 2. The summed E-state index contributed by atoms with van der Waals surface area (Å²) in [7, 11) is -2.21. The predicted molar refractivity (Wildman–Crippen MR) is 105 cm³/mol. The Labute approximate surface area is 162 Å². The first-order valence-corrected chi connectivity index (χ1v) is 11.1. The number of thiophene rings is 1. The van der Waals surface area contributed by atoms with E-state index in [9.17, 15) is 8.42 Å². The number of hydrogen-bond acceptors (Lipinski definition) is 6. The van der Waals surface area contributed by atoms with Crippen molar-refractivity contribution in [3.63, 3.8) is 0 Å². The Morgan fingerprint density at radius 2 is 1.96 bits per heavy atom. The molecule has 1 aliphatic rings. The Morgan fingerprint density at radius 3 is 2.74 bits per heavy atom. The molecular formula is C19H20N2O4S2. The van der Waals surface area contributed by atoms with Crippen LogP contribution in [0.15, 0.2) is 51.2 Å². The van der Waals surface area contributed by atoms with Crippen molar-refractivity contribution >= 4 is 27.0 Å². The molecule has 0 saturated heterocycles. The molecule has 1 aliphatic carbocycles. The summed E-state index contributed by atoms with van der Waals surface area (Å²) < 4.78 is 39.3. The van der Waals surface area contributed by atoms with Crippen LogP contribution in [-0.4, -0.2) is 20.5 Å². The highest BCUT2D eigenvalue weighted by atomic mass is 32.2. The third-order valence-corrected chi connectivity index (χ3v) is 7.63. The summed E-state index contributed by atoms with van der Waals surface area (Å²) in [6.07, 6.45) is 6.31. The molecule has 0 bridgehead atoms. The maximum Gasteiger partial charge on any atom is 0.271 e. The van der Waals surface area contributed by atoms with Crippen molar-refractivity contribution in [2.24, 2.45) is 0 Å². The monoisotopic (exact) mass is 404 g/mol. The van der Waals surface area contributed by atoms with Gasteiger partial charge in [0.2, 0.25) is 0 Å². The van der Waals surface area contributed by atoms with Crippen molar-refractivity contribution in [1.82, 2.24) is 4.98 Å². The number of ether oxygens (including phenoxy) is 1. The van der Waals surface area contributed by atoms with Crippen LogP contribution in [0, 0.1) is 0 Å². The van der Waals surface area contributed by atoms with E-state index < -0.39 is 10.0 Å². The van der Waals surface area contributed by atoms with Gasteiger partial charge in [-0.1, -0.05) is 25.0 Å². The van der Waals surface area contributed by atoms with E-state index in [2.05, 4.69) is 9.71 Å². The van der Waals surface area contributed by atoms with Gasteiger partial charge < -0.3 is 9.15 Å². The molecule has 2 heterocycles. The summed E-state index contributed by atoms with van der Waals surface area (Å²) in [5.41, 5.74) is 0.401. The van der Waals surface area contributed by atoms with Crippen molar-refractivity contribution in [3.05, 3.63) is 48.5 Å². The topological polar surface area (TPSA) is 81.4 Å². The molecule has 6 nitrogen and oxygen atoms in total. The number of anilines is 1. The van der Waals surface area contributed by atoms with E-state index in [-0.39, 0.29) is 4.21 Å². The minimum Gasteiger partial charge on any atom is -0.495 e. The maximum absolute atomic E-state index is 12.7.